The smallest absolute Gasteiger partial charge is 0.875 e. The van der Waals surface area contributed by atoms with Gasteiger partial charge in [-0.05, 0) is 33.6 Å². The van der Waals surface area contributed by atoms with E-state index in [9.17, 15) is 14.6 Å². The van der Waals surface area contributed by atoms with E-state index in [4.69, 9.17) is 4.74 Å². The average Bonchev–Trinajstić information content (AvgIpc) is 2.63. The first-order valence-corrected chi connectivity index (χ1v) is 9.89. The number of nitrogens with zero attached hydrogens (tertiary/aromatic N) is 3. The molecule has 1 aromatic rings. The van der Waals surface area contributed by atoms with E-state index in [-0.39, 0.29) is 36.6 Å². The molecule has 30 heavy (non-hydrogen) atoms. The summed E-state index contributed by atoms with van der Waals surface area (Å²) in [5.41, 5.74) is 1.71. The van der Waals surface area contributed by atoms with Crippen molar-refractivity contribution in [2.45, 2.75) is 59.0 Å². The minimum atomic E-state index is -0.526. The van der Waals surface area contributed by atoms with Gasteiger partial charge in [-0.25, -0.2) is 20.8 Å². The van der Waals surface area contributed by atoms with E-state index >= 15 is 0 Å². The predicted molar refractivity (Wildman–Crippen MR) is 112 cm³/mol. The number of piperidine rings is 1. The first-order chi connectivity index (χ1) is 13.6. The van der Waals surface area contributed by atoms with Crippen LogP contribution in [0.5, 0.6) is 0 Å². The molecule has 1 aliphatic rings. The Hall–Kier alpha value is -1.90. The Bertz CT molecular complexity index is 794. The third-order valence-corrected chi connectivity index (χ3v) is 4.62. The van der Waals surface area contributed by atoms with Gasteiger partial charge in [-0.3, -0.25) is 5.71 Å². The molecule has 0 N–H and O–H groups in total. The molecule has 1 aromatic heterocycles. The van der Waals surface area contributed by atoms with Crippen LogP contribution in [0.3, 0.4) is 0 Å². The zero-order chi connectivity index (χ0) is 21.6. The standard InChI is InChI=1S/C23H29FN3O2.Li/c1-16(2)20(8-6-7-17-13-19(24)15-26-14-17)21(25)18-9-11-27(12-10-18)22(28)29-23(3,4)5;/h13,15,18H,1,6-7,9-12H2,2-5H3;/q-3;+1. The fourth-order valence-corrected chi connectivity index (χ4v) is 3.19. The molecule has 2 rings (SSSR count). The van der Waals surface area contributed by atoms with Crippen molar-refractivity contribution in [2.24, 2.45) is 5.92 Å². The Morgan fingerprint density at radius 3 is 2.60 bits per heavy atom. The van der Waals surface area contributed by atoms with Crippen LogP contribution in [0.2, 0.25) is 0 Å². The number of amides is 1. The second-order valence-corrected chi connectivity index (χ2v) is 8.38. The number of allylic oxidation sites excluding steroid dienone is 3. The van der Waals surface area contributed by atoms with Crippen molar-refractivity contribution in [1.29, 1.82) is 0 Å². The maximum absolute atomic E-state index is 13.2. The van der Waals surface area contributed by atoms with Crippen molar-refractivity contribution in [1.82, 2.24) is 9.88 Å². The molecule has 0 bridgehead atoms. The van der Waals surface area contributed by atoms with Crippen molar-refractivity contribution < 1.29 is 32.8 Å². The molecule has 1 aliphatic heterocycles. The van der Waals surface area contributed by atoms with Crippen LogP contribution in [0.1, 0.15) is 52.5 Å². The number of hydrogen-bond acceptors (Lipinski definition) is 3. The van der Waals surface area contributed by atoms with Crippen LogP contribution in [0.4, 0.5) is 9.18 Å². The minimum absolute atomic E-state index is 0. The number of rotatable bonds is 6. The van der Waals surface area contributed by atoms with E-state index in [0.717, 1.165) is 11.8 Å². The van der Waals surface area contributed by atoms with Crippen LogP contribution in [-0.4, -0.2) is 40.4 Å². The molecule has 5 nitrogen and oxygen atoms in total. The first kappa shape index (κ1) is 26.1. The monoisotopic (exact) mass is 405 g/mol. The summed E-state index contributed by atoms with van der Waals surface area (Å²) in [4.78, 5) is 17.6. The van der Waals surface area contributed by atoms with E-state index in [1.807, 2.05) is 27.7 Å². The number of aryl methyl sites for hydroxylation is 1. The molecule has 2 heterocycles. The van der Waals surface area contributed by atoms with Gasteiger partial charge in [0.25, 0.3) is 0 Å². The largest absolute Gasteiger partial charge is 1.00 e. The molecule has 0 unspecified atom stereocenters. The van der Waals surface area contributed by atoms with Crippen molar-refractivity contribution in [3.63, 3.8) is 0 Å². The number of carbonyl (C=O) groups excluding carboxylic acids is 1. The Morgan fingerprint density at radius 2 is 2.07 bits per heavy atom. The molecular weight excluding hydrogens is 376 g/mol. The summed E-state index contributed by atoms with van der Waals surface area (Å²) in [6.07, 6.45) is 9.05. The zero-order valence-corrected chi connectivity index (χ0v) is 18.7. The van der Waals surface area contributed by atoms with Gasteiger partial charge in [0.15, 0.2) is 0 Å². The van der Waals surface area contributed by atoms with Crippen LogP contribution < -0.4 is 18.9 Å². The van der Waals surface area contributed by atoms with Gasteiger partial charge in [0, 0.05) is 18.9 Å². The van der Waals surface area contributed by atoms with Crippen LogP contribution in [0.15, 0.2) is 30.0 Å². The molecule has 0 saturated carbocycles. The molecule has 0 radical (unpaired) electrons. The van der Waals surface area contributed by atoms with Gasteiger partial charge >= 0.3 is 25.0 Å². The molecule has 0 spiro atoms. The SMILES string of the molecule is C=C(C)C(=[C-]CCc1[c-]ncc(F)c1)C(=[N-])C1CCN(C(=O)OC(C)(C)C)CC1.[Li+]. The summed E-state index contributed by atoms with van der Waals surface area (Å²) in [7, 11) is 0. The normalized spacial score (nSPS) is 15.4. The molecular formula is C23H29FLiN3O2-2. The summed E-state index contributed by atoms with van der Waals surface area (Å²) < 4.78 is 18.6. The number of aromatic nitrogens is 1. The van der Waals surface area contributed by atoms with Crippen molar-refractivity contribution in [2.75, 3.05) is 13.1 Å². The zero-order valence-electron chi connectivity index (χ0n) is 18.7. The molecule has 158 valence electrons. The van der Waals surface area contributed by atoms with Gasteiger partial charge in [-0.1, -0.05) is 38.1 Å². The number of halogens is 1. The van der Waals surface area contributed by atoms with Gasteiger partial charge in [-0.15, -0.1) is 11.6 Å². The minimum Gasteiger partial charge on any atom is -0.875 e. The number of hydrogen-bond donors (Lipinski definition) is 0. The number of pyridine rings is 1. The first-order valence-electron chi connectivity index (χ1n) is 9.89. The Morgan fingerprint density at radius 1 is 1.43 bits per heavy atom. The van der Waals surface area contributed by atoms with E-state index in [2.05, 4.69) is 23.8 Å². The summed E-state index contributed by atoms with van der Waals surface area (Å²) in [5.74, 6) is -0.454. The van der Waals surface area contributed by atoms with E-state index in [0.29, 0.717) is 49.9 Å². The summed E-state index contributed by atoms with van der Waals surface area (Å²) in [6.45, 7) is 12.3. The third kappa shape index (κ3) is 8.08. The van der Waals surface area contributed by atoms with Gasteiger partial charge < -0.3 is 20.0 Å². The van der Waals surface area contributed by atoms with Crippen molar-refractivity contribution in [3.8, 4) is 0 Å². The maximum atomic E-state index is 13.2. The van der Waals surface area contributed by atoms with Gasteiger partial charge in [-0.2, -0.15) is 12.2 Å². The van der Waals surface area contributed by atoms with Crippen LogP contribution in [-0.2, 0) is 11.2 Å². The number of likely N-dealkylation sites (tertiary alicyclic amines) is 1. The Kier molecular flexibility index (Phi) is 10.00. The fourth-order valence-electron chi connectivity index (χ4n) is 3.19. The molecule has 0 aromatic carbocycles. The second-order valence-electron chi connectivity index (χ2n) is 8.38. The van der Waals surface area contributed by atoms with Crippen LogP contribution in [0, 0.1) is 24.0 Å². The number of ether oxygens (including phenoxy) is 1. The van der Waals surface area contributed by atoms with E-state index in [1.165, 1.54) is 6.07 Å². The van der Waals surface area contributed by atoms with Gasteiger partial charge in [0.05, 0.1) is 0 Å². The average molecular weight is 405 g/mol. The van der Waals surface area contributed by atoms with Gasteiger partial charge in [0.1, 0.15) is 5.60 Å². The summed E-state index contributed by atoms with van der Waals surface area (Å²) in [6, 6.07) is 1.39. The summed E-state index contributed by atoms with van der Waals surface area (Å²) in [5, 5.41) is 10.8. The molecule has 1 saturated heterocycles. The molecule has 0 aliphatic carbocycles. The van der Waals surface area contributed by atoms with Crippen molar-refractivity contribution in [3.05, 3.63) is 59.1 Å². The third-order valence-electron chi connectivity index (χ3n) is 4.62. The second kappa shape index (κ2) is 11.5. The Balaban J connectivity index is 0.00000450. The van der Waals surface area contributed by atoms with E-state index < -0.39 is 11.4 Å². The van der Waals surface area contributed by atoms with Crippen LogP contribution in [0.25, 0.3) is 5.41 Å². The molecule has 1 fully saturated rings. The topological polar surface area (TPSA) is 64.7 Å². The number of carbonyl (C=O) groups is 1. The molecule has 1 amide bonds. The maximum Gasteiger partial charge on any atom is 1.00 e. The van der Waals surface area contributed by atoms with Crippen molar-refractivity contribution >= 4 is 11.8 Å². The van der Waals surface area contributed by atoms with E-state index in [1.54, 1.807) is 4.90 Å². The molecule has 7 heteroatoms. The fraction of sp³-hybridized carbons (Fsp3) is 0.522. The van der Waals surface area contributed by atoms with Gasteiger partial charge in [0.2, 0.25) is 0 Å². The summed E-state index contributed by atoms with van der Waals surface area (Å²) >= 11 is 0. The predicted octanol–water partition coefficient (Wildman–Crippen LogP) is 1.92. The quantitative estimate of drug-likeness (QED) is 0.314. The van der Waals surface area contributed by atoms with Crippen LogP contribution >= 0.6 is 0 Å². The molecule has 0 atom stereocenters. The Labute approximate surface area is 191 Å².